The number of fused-ring (bicyclic) bond motifs is 1. The van der Waals surface area contributed by atoms with Crippen LogP contribution in [0, 0.1) is 3.57 Å². The molecule has 0 unspecified atom stereocenters. The second kappa shape index (κ2) is 10.0. The van der Waals surface area contributed by atoms with Crippen molar-refractivity contribution in [1.29, 1.82) is 0 Å². The van der Waals surface area contributed by atoms with E-state index in [1.807, 2.05) is 34.7 Å². The molecule has 0 saturated carbocycles. The molecule has 1 aromatic heterocycles. The highest BCUT2D eigenvalue weighted by atomic mass is 127. The molecule has 2 aromatic carbocycles. The van der Waals surface area contributed by atoms with Crippen LogP contribution in [-0.4, -0.2) is 29.4 Å². The molecule has 0 spiro atoms. The molecule has 7 nitrogen and oxygen atoms in total. The predicted molar refractivity (Wildman–Crippen MR) is 142 cm³/mol. The fraction of sp³-hybridized carbons (Fsp3) is 0.208. The summed E-state index contributed by atoms with van der Waals surface area (Å²) in [6.45, 7) is 3.68. The van der Waals surface area contributed by atoms with Crippen molar-refractivity contribution >= 4 is 61.9 Å². The summed E-state index contributed by atoms with van der Waals surface area (Å²) in [7, 11) is 1.57. The summed E-state index contributed by atoms with van der Waals surface area (Å²) in [5, 5.41) is 10.5. The Morgan fingerprint density at radius 1 is 1.32 bits per heavy atom. The molecule has 10 heteroatoms. The number of benzene rings is 2. The molecule has 0 amide bonds. The summed E-state index contributed by atoms with van der Waals surface area (Å²) in [5.41, 5.74) is 1.73. The van der Waals surface area contributed by atoms with Crippen molar-refractivity contribution in [2.45, 2.75) is 19.9 Å². The lowest BCUT2D eigenvalue weighted by atomic mass is 9.96. The number of aromatic hydroxyl groups is 1. The van der Waals surface area contributed by atoms with Crippen molar-refractivity contribution in [2.75, 3.05) is 13.7 Å². The standard InChI is InChI=1S/C24H20BrIN2O5S/c1-4-33-23(31)19-12(2)27-24-28(20(19)13-5-7-16(32-3)8-6-13)22(30)18(34-24)10-14-9-15(25)11-17(26)21(14)29/h5-11,20,29H,4H2,1-3H3/b18-10+/t20-/m0/s1. The minimum Gasteiger partial charge on any atom is -0.506 e. The topological polar surface area (TPSA) is 90.1 Å². The summed E-state index contributed by atoms with van der Waals surface area (Å²) in [4.78, 5) is 31.6. The number of hydrogen-bond donors (Lipinski definition) is 1. The minimum absolute atomic E-state index is 0.0877. The Hall–Kier alpha value is -2.44. The van der Waals surface area contributed by atoms with E-state index in [4.69, 9.17) is 9.47 Å². The Bertz CT molecular complexity index is 1490. The molecule has 0 radical (unpaired) electrons. The molecule has 1 aliphatic heterocycles. The lowest BCUT2D eigenvalue weighted by Crippen LogP contribution is -2.39. The highest BCUT2D eigenvalue weighted by Crippen LogP contribution is 2.32. The first-order valence-electron chi connectivity index (χ1n) is 10.3. The third kappa shape index (κ3) is 4.58. The molecule has 34 heavy (non-hydrogen) atoms. The number of allylic oxidation sites excluding steroid dienone is 1. The number of rotatable bonds is 5. The molecule has 0 saturated heterocycles. The van der Waals surface area contributed by atoms with Crippen molar-refractivity contribution in [3.8, 4) is 11.5 Å². The third-order valence-electron chi connectivity index (χ3n) is 5.29. The SMILES string of the molecule is CCOC(=O)C1=C(C)N=c2s/c(=C/c3cc(Br)cc(I)c3O)c(=O)n2[C@H]1c1ccc(OC)cc1. The van der Waals surface area contributed by atoms with Crippen molar-refractivity contribution in [3.63, 3.8) is 0 Å². The van der Waals surface area contributed by atoms with Gasteiger partial charge in [0.05, 0.1) is 39.1 Å². The van der Waals surface area contributed by atoms with E-state index in [1.54, 1.807) is 51.3 Å². The van der Waals surface area contributed by atoms with Crippen LogP contribution in [0.5, 0.6) is 11.5 Å². The Labute approximate surface area is 221 Å². The van der Waals surface area contributed by atoms with Crippen LogP contribution in [0.25, 0.3) is 6.08 Å². The van der Waals surface area contributed by atoms with Gasteiger partial charge in [-0.25, -0.2) is 9.79 Å². The van der Waals surface area contributed by atoms with Gasteiger partial charge >= 0.3 is 5.97 Å². The molecular weight excluding hydrogens is 635 g/mol. The fourth-order valence-corrected chi connectivity index (χ4v) is 6.32. The van der Waals surface area contributed by atoms with Gasteiger partial charge in [-0.2, -0.15) is 0 Å². The number of halogens is 2. The zero-order valence-electron chi connectivity index (χ0n) is 18.5. The summed E-state index contributed by atoms with van der Waals surface area (Å²) in [5.74, 6) is 0.233. The molecular formula is C24H20BrIN2O5S. The van der Waals surface area contributed by atoms with Crippen LogP contribution in [-0.2, 0) is 9.53 Å². The van der Waals surface area contributed by atoms with Crippen molar-refractivity contribution in [2.24, 2.45) is 4.99 Å². The average molecular weight is 655 g/mol. The number of thiazole rings is 1. The number of phenolic OH excluding ortho intramolecular Hbond substituents is 1. The molecule has 1 aliphatic rings. The molecule has 1 atom stereocenters. The van der Waals surface area contributed by atoms with Gasteiger partial charge in [-0.15, -0.1) is 0 Å². The number of carbonyl (C=O) groups excluding carboxylic acids is 1. The van der Waals surface area contributed by atoms with E-state index < -0.39 is 12.0 Å². The van der Waals surface area contributed by atoms with E-state index >= 15 is 0 Å². The maximum atomic E-state index is 13.6. The monoisotopic (exact) mass is 654 g/mol. The normalized spacial score (nSPS) is 15.7. The third-order valence-corrected chi connectivity index (χ3v) is 7.56. The minimum atomic E-state index is -0.709. The zero-order valence-corrected chi connectivity index (χ0v) is 23.0. The van der Waals surface area contributed by atoms with Crippen LogP contribution in [0.3, 0.4) is 0 Å². The number of aromatic nitrogens is 1. The first kappa shape index (κ1) is 24.7. The van der Waals surface area contributed by atoms with Gasteiger partial charge in [-0.1, -0.05) is 39.4 Å². The largest absolute Gasteiger partial charge is 0.506 e. The molecule has 1 N–H and O–H groups in total. The van der Waals surface area contributed by atoms with E-state index in [0.29, 0.717) is 35.5 Å². The van der Waals surface area contributed by atoms with E-state index in [2.05, 4.69) is 20.9 Å². The number of phenols is 1. The van der Waals surface area contributed by atoms with Crippen molar-refractivity contribution in [3.05, 3.63) is 86.5 Å². The summed E-state index contributed by atoms with van der Waals surface area (Å²) < 4.78 is 13.9. The molecule has 176 valence electrons. The molecule has 3 aromatic rings. The van der Waals surface area contributed by atoms with E-state index in [1.165, 1.54) is 15.9 Å². The van der Waals surface area contributed by atoms with Crippen LogP contribution in [0.4, 0.5) is 0 Å². The van der Waals surface area contributed by atoms with E-state index in [0.717, 1.165) is 10.0 Å². The van der Waals surface area contributed by atoms with E-state index in [9.17, 15) is 14.7 Å². The Balaban J connectivity index is 1.97. The van der Waals surface area contributed by atoms with Gasteiger partial charge in [-0.05, 0) is 72.3 Å². The molecule has 4 rings (SSSR count). The maximum absolute atomic E-state index is 13.6. The number of ether oxygens (including phenoxy) is 2. The van der Waals surface area contributed by atoms with Crippen LogP contribution in [0.2, 0.25) is 0 Å². The lowest BCUT2D eigenvalue weighted by Gasteiger charge is -2.24. The van der Waals surface area contributed by atoms with Gasteiger partial charge in [0.2, 0.25) is 0 Å². The summed E-state index contributed by atoms with van der Waals surface area (Å²) in [6, 6.07) is 10.0. The Morgan fingerprint density at radius 3 is 2.68 bits per heavy atom. The van der Waals surface area contributed by atoms with Gasteiger partial charge in [0.25, 0.3) is 5.56 Å². The average Bonchev–Trinajstić information content (AvgIpc) is 3.10. The molecule has 0 fully saturated rings. The van der Waals surface area contributed by atoms with Crippen LogP contribution in [0.15, 0.2) is 61.9 Å². The van der Waals surface area contributed by atoms with Gasteiger partial charge < -0.3 is 14.6 Å². The van der Waals surface area contributed by atoms with Crippen LogP contribution >= 0.6 is 49.9 Å². The zero-order chi connectivity index (χ0) is 24.6. The van der Waals surface area contributed by atoms with E-state index in [-0.39, 0.29) is 17.9 Å². The first-order chi connectivity index (χ1) is 16.2. The van der Waals surface area contributed by atoms with Gasteiger partial charge in [0.1, 0.15) is 11.5 Å². The number of hydrogen-bond acceptors (Lipinski definition) is 7. The van der Waals surface area contributed by atoms with Crippen molar-refractivity contribution in [1.82, 2.24) is 4.57 Å². The smallest absolute Gasteiger partial charge is 0.338 e. The second-order valence-electron chi connectivity index (χ2n) is 7.40. The molecule has 0 aliphatic carbocycles. The highest BCUT2D eigenvalue weighted by molar-refractivity contribution is 14.1. The number of methoxy groups -OCH3 is 1. The van der Waals surface area contributed by atoms with Gasteiger partial charge in [0, 0.05) is 10.0 Å². The quantitative estimate of drug-likeness (QED) is 0.333. The second-order valence-corrected chi connectivity index (χ2v) is 10.5. The highest BCUT2D eigenvalue weighted by Gasteiger charge is 2.33. The molecule has 0 bridgehead atoms. The Kier molecular flexibility index (Phi) is 7.29. The fourth-order valence-electron chi connectivity index (χ4n) is 3.73. The molecule has 2 heterocycles. The van der Waals surface area contributed by atoms with Crippen LogP contribution in [0.1, 0.15) is 31.0 Å². The van der Waals surface area contributed by atoms with Crippen LogP contribution < -0.4 is 19.6 Å². The van der Waals surface area contributed by atoms with Gasteiger partial charge in [-0.3, -0.25) is 9.36 Å². The number of nitrogens with zero attached hydrogens (tertiary/aromatic N) is 2. The maximum Gasteiger partial charge on any atom is 0.338 e. The van der Waals surface area contributed by atoms with Crippen molar-refractivity contribution < 1.29 is 19.4 Å². The number of carbonyl (C=O) groups is 1. The first-order valence-corrected chi connectivity index (χ1v) is 13.0. The Morgan fingerprint density at radius 2 is 2.03 bits per heavy atom. The summed E-state index contributed by atoms with van der Waals surface area (Å²) >= 11 is 6.67. The lowest BCUT2D eigenvalue weighted by molar-refractivity contribution is -0.139. The van der Waals surface area contributed by atoms with Gasteiger partial charge in [0.15, 0.2) is 4.80 Å². The number of esters is 1. The summed E-state index contributed by atoms with van der Waals surface area (Å²) in [6.07, 6.45) is 1.64. The predicted octanol–water partition coefficient (Wildman–Crippen LogP) is 3.88.